The van der Waals surface area contributed by atoms with Crippen LogP contribution in [0.4, 0.5) is 23.0 Å². The summed E-state index contributed by atoms with van der Waals surface area (Å²) >= 11 is 0. The average molecular weight is 323 g/mol. The van der Waals surface area contributed by atoms with Gasteiger partial charge >= 0.3 is 0 Å². The van der Waals surface area contributed by atoms with Crippen LogP contribution in [0.2, 0.25) is 0 Å². The maximum atomic E-state index is 6.01. The number of pyridine rings is 1. The fourth-order valence-electron chi connectivity index (χ4n) is 2.62. The molecular weight excluding hydrogens is 302 g/mol. The zero-order valence-electron chi connectivity index (χ0n) is 13.4. The van der Waals surface area contributed by atoms with Crippen molar-refractivity contribution in [3.05, 3.63) is 30.4 Å². The van der Waals surface area contributed by atoms with Crippen molar-refractivity contribution in [1.29, 1.82) is 0 Å². The third kappa shape index (κ3) is 4.12. The van der Waals surface area contributed by atoms with Gasteiger partial charge < -0.3 is 21.7 Å². The summed E-state index contributed by atoms with van der Waals surface area (Å²) in [5, 5.41) is 10.00. The summed E-state index contributed by atoms with van der Waals surface area (Å²) in [5.41, 5.74) is 7.98. The molecule has 0 saturated carbocycles. The van der Waals surface area contributed by atoms with Gasteiger partial charge in [-0.1, -0.05) is 6.42 Å². The van der Waals surface area contributed by atoms with Crippen molar-refractivity contribution in [2.45, 2.75) is 25.3 Å². The first-order chi connectivity index (χ1) is 11.7. The van der Waals surface area contributed by atoms with Crippen molar-refractivity contribution >= 4 is 23.0 Å². The molecule has 7 nitrogen and oxygen atoms in total. The highest BCUT2D eigenvalue weighted by molar-refractivity contribution is 5.70. The second-order valence-corrected chi connectivity index (χ2v) is 5.74. The van der Waals surface area contributed by atoms with Crippen LogP contribution in [0.3, 0.4) is 0 Å². The number of rotatable bonds is 5. The summed E-state index contributed by atoms with van der Waals surface area (Å²) < 4.78 is 0. The monoisotopic (exact) mass is 323 g/mol. The number of hydrogen-bond donors (Lipinski definition) is 4. The molecule has 3 rings (SSSR count). The zero-order chi connectivity index (χ0) is 16.8. The van der Waals surface area contributed by atoms with Crippen LogP contribution < -0.4 is 21.7 Å². The summed E-state index contributed by atoms with van der Waals surface area (Å²) in [7, 11) is 0. The molecule has 1 unspecified atom stereocenters. The lowest BCUT2D eigenvalue weighted by molar-refractivity contribution is 0.414. The molecule has 124 valence electrons. The van der Waals surface area contributed by atoms with Crippen LogP contribution in [0.25, 0.3) is 0 Å². The number of nitrogen functional groups attached to an aromatic ring is 1. The molecule has 1 fully saturated rings. The molecule has 1 aliphatic heterocycles. The first-order valence-electron chi connectivity index (χ1n) is 8.03. The lowest BCUT2D eigenvalue weighted by Gasteiger charge is -2.24. The first kappa shape index (κ1) is 16.0. The number of aromatic nitrogens is 3. The van der Waals surface area contributed by atoms with Gasteiger partial charge in [0.2, 0.25) is 0 Å². The van der Waals surface area contributed by atoms with Crippen LogP contribution in [0, 0.1) is 12.3 Å². The topological polar surface area (TPSA) is 101 Å². The standard InChI is InChI=1S/C17H21N7/c1-2-12-8-22-17(11-20-12)24-16-7-15(14(18)10-23-16)21-9-13-5-3-4-6-19-13/h1,7-8,10-11,13,19H,3-6,9,18H2,(H2,21,22,23,24). The van der Waals surface area contributed by atoms with Gasteiger partial charge in [0.15, 0.2) is 0 Å². The Morgan fingerprint density at radius 1 is 1.21 bits per heavy atom. The fourth-order valence-corrected chi connectivity index (χ4v) is 2.62. The minimum Gasteiger partial charge on any atom is -0.396 e. The van der Waals surface area contributed by atoms with Gasteiger partial charge in [-0.25, -0.2) is 15.0 Å². The lowest BCUT2D eigenvalue weighted by atomic mass is 10.1. The van der Waals surface area contributed by atoms with Crippen LogP contribution in [0.5, 0.6) is 0 Å². The smallest absolute Gasteiger partial charge is 0.150 e. The minimum absolute atomic E-state index is 0.477. The normalized spacial score (nSPS) is 17.0. The molecular formula is C17H21N7. The van der Waals surface area contributed by atoms with Crippen LogP contribution >= 0.6 is 0 Å². The highest BCUT2D eigenvalue weighted by atomic mass is 15.1. The Morgan fingerprint density at radius 2 is 2.08 bits per heavy atom. The van der Waals surface area contributed by atoms with E-state index in [1.54, 1.807) is 12.4 Å². The van der Waals surface area contributed by atoms with Crippen LogP contribution in [-0.2, 0) is 0 Å². The Balaban J connectivity index is 1.65. The van der Waals surface area contributed by atoms with Gasteiger partial charge in [0.05, 0.1) is 30.0 Å². The van der Waals surface area contributed by atoms with Gasteiger partial charge in [-0.05, 0) is 25.3 Å². The Kier molecular flexibility index (Phi) is 5.08. The Morgan fingerprint density at radius 3 is 2.79 bits per heavy atom. The van der Waals surface area contributed by atoms with Crippen molar-refractivity contribution in [1.82, 2.24) is 20.3 Å². The van der Waals surface area contributed by atoms with Crippen molar-refractivity contribution < 1.29 is 0 Å². The van der Waals surface area contributed by atoms with E-state index in [1.165, 1.54) is 25.5 Å². The number of anilines is 4. The molecule has 1 aliphatic rings. The van der Waals surface area contributed by atoms with E-state index in [-0.39, 0.29) is 0 Å². The quantitative estimate of drug-likeness (QED) is 0.622. The van der Waals surface area contributed by atoms with Crippen LogP contribution in [0.1, 0.15) is 25.0 Å². The second-order valence-electron chi connectivity index (χ2n) is 5.74. The number of terminal acetylenes is 1. The molecule has 2 aromatic heterocycles. The molecule has 2 aromatic rings. The maximum absolute atomic E-state index is 6.01. The van der Waals surface area contributed by atoms with Gasteiger partial charge in [0.1, 0.15) is 17.3 Å². The molecule has 5 N–H and O–H groups in total. The van der Waals surface area contributed by atoms with E-state index < -0.39 is 0 Å². The van der Waals surface area contributed by atoms with Gasteiger partial charge in [-0.15, -0.1) is 6.42 Å². The summed E-state index contributed by atoms with van der Waals surface area (Å²) in [6, 6.07) is 2.35. The molecule has 0 amide bonds. The largest absolute Gasteiger partial charge is 0.396 e. The number of piperidine rings is 1. The minimum atomic E-state index is 0.477. The second kappa shape index (κ2) is 7.62. The number of nitrogens with zero attached hydrogens (tertiary/aromatic N) is 3. The number of nitrogens with two attached hydrogens (primary N) is 1. The van der Waals surface area contributed by atoms with Crippen LogP contribution in [0.15, 0.2) is 24.7 Å². The van der Waals surface area contributed by atoms with Crippen molar-refractivity contribution in [2.75, 3.05) is 29.5 Å². The van der Waals surface area contributed by atoms with E-state index in [9.17, 15) is 0 Å². The lowest BCUT2D eigenvalue weighted by Crippen LogP contribution is -2.39. The SMILES string of the molecule is C#Cc1cnc(Nc2cc(NCC3CCCCN3)c(N)cn2)cn1. The molecule has 7 heteroatoms. The zero-order valence-corrected chi connectivity index (χ0v) is 13.4. The fraction of sp³-hybridized carbons (Fsp3) is 0.353. The van der Waals surface area contributed by atoms with E-state index in [0.717, 1.165) is 18.8 Å². The van der Waals surface area contributed by atoms with Crippen molar-refractivity contribution in [3.8, 4) is 12.3 Å². The van der Waals surface area contributed by atoms with Gasteiger partial charge in [0, 0.05) is 18.7 Å². The van der Waals surface area contributed by atoms with Crippen molar-refractivity contribution in [2.24, 2.45) is 0 Å². The van der Waals surface area contributed by atoms with Crippen LogP contribution in [-0.4, -0.2) is 34.1 Å². The molecule has 0 spiro atoms. The van der Waals surface area contributed by atoms with E-state index in [4.69, 9.17) is 12.2 Å². The van der Waals surface area contributed by atoms with Gasteiger partial charge in [-0.2, -0.15) is 0 Å². The van der Waals surface area contributed by atoms with E-state index in [1.807, 2.05) is 6.07 Å². The van der Waals surface area contributed by atoms with Gasteiger partial charge in [0.25, 0.3) is 0 Å². The third-order valence-corrected chi connectivity index (χ3v) is 3.94. The molecule has 0 radical (unpaired) electrons. The molecule has 0 aromatic carbocycles. The Labute approximate surface area is 141 Å². The first-order valence-corrected chi connectivity index (χ1v) is 8.03. The average Bonchev–Trinajstić information content (AvgIpc) is 2.63. The highest BCUT2D eigenvalue weighted by Gasteiger charge is 2.13. The van der Waals surface area contributed by atoms with E-state index >= 15 is 0 Å². The van der Waals surface area contributed by atoms with E-state index in [2.05, 4.69) is 36.8 Å². The third-order valence-electron chi connectivity index (χ3n) is 3.94. The number of nitrogens with one attached hydrogen (secondary N) is 3. The predicted octanol–water partition coefficient (Wildman–Crippen LogP) is 1.73. The molecule has 0 aliphatic carbocycles. The molecule has 24 heavy (non-hydrogen) atoms. The molecule has 3 heterocycles. The van der Waals surface area contributed by atoms with E-state index in [0.29, 0.717) is 29.1 Å². The summed E-state index contributed by atoms with van der Waals surface area (Å²) in [5.74, 6) is 3.65. The summed E-state index contributed by atoms with van der Waals surface area (Å²) in [6.45, 7) is 1.92. The molecule has 1 saturated heterocycles. The highest BCUT2D eigenvalue weighted by Crippen LogP contribution is 2.22. The predicted molar refractivity (Wildman–Crippen MR) is 96.0 cm³/mol. The molecule has 0 bridgehead atoms. The van der Waals surface area contributed by atoms with Gasteiger partial charge in [-0.3, -0.25) is 0 Å². The summed E-state index contributed by atoms with van der Waals surface area (Å²) in [4.78, 5) is 12.6. The Bertz CT molecular complexity index is 715. The maximum Gasteiger partial charge on any atom is 0.150 e. The Hall–Kier alpha value is -2.85. The van der Waals surface area contributed by atoms with Crippen molar-refractivity contribution in [3.63, 3.8) is 0 Å². The molecule has 1 atom stereocenters. The number of hydrogen-bond acceptors (Lipinski definition) is 7. The summed E-state index contributed by atoms with van der Waals surface area (Å²) in [6.07, 6.45) is 13.7.